The maximum absolute atomic E-state index is 13.6. The van der Waals surface area contributed by atoms with Crippen LogP contribution < -0.4 is 0 Å². The van der Waals surface area contributed by atoms with Gasteiger partial charge in [0.15, 0.2) is 5.82 Å². The van der Waals surface area contributed by atoms with Crippen molar-refractivity contribution in [3.63, 3.8) is 0 Å². The van der Waals surface area contributed by atoms with E-state index < -0.39 is 0 Å². The number of benzene rings is 2. The molecular weight excluding hydrogens is 428 g/mol. The fraction of sp³-hybridized carbons (Fsp3) is 0.261. The van der Waals surface area contributed by atoms with E-state index in [-0.39, 0.29) is 11.9 Å². The number of amides is 1. The number of hydrogen-bond donors (Lipinski definition) is 0. The van der Waals surface area contributed by atoms with Crippen LogP contribution in [0.2, 0.25) is 5.02 Å². The fourth-order valence-corrected chi connectivity index (χ4v) is 4.32. The fourth-order valence-electron chi connectivity index (χ4n) is 4.14. The van der Waals surface area contributed by atoms with Crippen molar-refractivity contribution in [3.05, 3.63) is 76.8 Å². The zero-order valence-corrected chi connectivity index (χ0v) is 18.2. The highest BCUT2D eigenvalue weighted by atomic mass is 35.5. The summed E-state index contributed by atoms with van der Waals surface area (Å²) in [6.07, 6.45) is 5.60. The van der Waals surface area contributed by atoms with Gasteiger partial charge < -0.3 is 9.42 Å². The van der Waals surface area contributed by atoms with Gasteiger partial charge in [-0.05, 0) is 49.1 Å². The predicted octanol–water partition coefficient (Wildman–Crippen LogP) is 4.51. The lowest BCUT2D eigenvalue weighted by molar-refractivity contribution is 0.0728. The maximum Gasteiger partial charge on any atom is 0.258 e. The van der Waals surface area contributed by atoms with Crippen LogP contribution in [0.15, 0.2) is 59.4 Å². The molecule has 0 radical (unpaired) electrons. The smallest absolute Gasteiger partial charge is 0.258 e. The Kier molecular flexibility index (Phi) is 5.45. The quantitative estimate of drug-likeness (QED) is 0.446. The maximum atomic E-state index is 13.6. The second kappa shape index (κ2) is 8.55. The number of carbonyl (C=O) groups is 1. The van der Waals surface area contributed by atoms with E-state index in [0.717, 1.165) is 30.4 Å². The molecule has 1 saturated heterocycles. The number of aromatic nitrogens is 5. The summed E-state index contributed by atoms with van der Waals surface area (Å²) in [6, 6.07) is 12.8. The number of halogens is 1. The van der Waals surface area contributed by atoms with Crippen LogP contribution in [-0.4, -0.2) is 42.5 Å². The van der Waals surface area contributed by atoms with Crippen molar-refractivity contribution < 1.29 is 9.32 Å². The van der Waals surface area contributed by atoms with Crippen molar-refractivity contribution in [1.82, 2.24) is 30.0 Å². The first kappa shape index (κ1) is 20.4. The minimum Gasteiger partial charge on any atom is -0.334 e. The minimum atomic E-state index is -0.272. The van der Waals surface area contributed by atoms with Gasteiger partial charge in [-0.1, -0.05) is 41.9 Å². The van der Waals surface area contributed by atoms with Crippen molar-refractivity contribution in [1.29, 1.82) is 0 Å². The molecule has 8 nitrogen and oxygen atoms in total. The van der Waals surface area contributed by atoms with Gasteiger partial charge in [-0.3, -0.25) is 4.79 Å². The Balaban J connectivity index is 1.47. The van der Waals surface area contributed by atoms with Crippen LogP contribution >= 0.6 is 11.6 Å². The third-order valence-electron chi connectivity index (χ3n) is 5.71. The van der Waals surface area contributed by atoms with Crippen LogP contribution in [-0.2, 0) is 6.42 Å². The van der Waals surface area contributed by atoms with Gasteiger partial charge in [0, 0.05) is 17.1 Å². The third kappa shape index (κ3) is 3.67. The zero-order chi connectivity index (χ0) is 22.1. The molecule has 0 bridgehead atoms. The molecular formula is C23H21ClN6O2. The highest BCUT2D eigenvalue weighted by molar-refractivity contribution is 6.31. The van der Waals surface area contributed by atoms with Gasteiger partial charge in [0.05, 0.1) is 29.7 Å². The number of rotatable bonds is 5. The highest BCUT2D eigenvalue weighted by Gasteiger charge is 2.35. The van der Waals surface area contributed by atoms with E-state index in [9.17, 15) is 4.79 Å². The number of carbonyl (C=O) groups excluding carboxylic acids is 1. The van der Waals surface area contributed by atoms with E-state index in [4.69, 9.17) is 16.1 Å². The summed E-state index contributed by atoms with van der Waals surface area (Å²) in [5, 5.41) is 13.0. The summed E-state index contributed by atoms with van der Waals surface area (Å²) in [6.45, 7) is 2.68. The zero-order valence-electron chi connectivity index (χ0n) is 17.5. The SMILES string of the molecule is CCc1ccccc1-c1nc(C2CCCN2C(=O)c2cc(Cl)ccc2-n2nccn2)no1. The molecule has 2 aromatic carbocycles. The molecule has 0 N–H and O–H groups in total. The Labute approximate surface area is 189 Å². The Morgan fingerprint density at radius 2 is 2.00 bits per heavy atom. The second-order valence-corrected chi connectivity index (χ2v) is 8.04. The van der Waals surface area contributed by atoms with Crippen molar-refractivity contribution in [2.24, 2.45) is 0 Å². The molecule has 5 rings (SSSR count). The normalized spacial score (nSPS) is 15.9. The molecule has 4 aromatic rings. The predicted molar refractivity (Wildman–Crippen MR) is 118 cm³/mol. The van der Waals surface area contributed by atoms with E-state index in [1.807, 2.05) is 18.2 Å². The van der Waals surface area contributed by atoms with Gasteiger partial charge in [0.25, 0.3) is 11.8 Å². The van der Waals surface area contributed by atoms with E-state index in [2.05, 4.69) is 33.3 Å². The van der Waals surface area contributed by atoms with E-state index in [1.165, 1.54) is 4.80 Å². The Bertz CT molecular complexity index is 1250. The summed E-state index contributed by atoms with van der Waals surface area (Å²) < 4.78 is 5.60. The third-order valence-corrected chi connectivity index (χ3v) is 5.94. The van der Waals surface area contributed by atoms with Gasteiger partial charge >= 0.3 is 0 Å². The second-order valence-electron chi connectivity index (χ2n) is 7.60. The molecule has 1 aliphatic rings. The minimum absolute atomic E-state index is 0.164. The first-order valence-electron chi connectivity index (χ1n) is 10.5. The first-order valence-corrected chi connectivity index (χ1v) is 10.9. The van der Waals surface area contributed by atoms with Gasteiger partial charge in [-0.2, -0.15) is 20.0 Å². The average Bonchev–Trinajstić information content (AvgIpc) is 3.59. The van der Waals surface area contributed by atoms with Crippen LogP contribution in [0.5, 0.6) is 0 Å². The lowest BCUT2D eigenvalue weighted by Crippen LogP contribution is -2.32. The largest absolute Gasteiger partial charge is 0.334 e. The number of likely N-dealkylation sites (tertiary alicyclic amines) is 1. The average molecular weight is 449 g/mol. The first-order chi connectivity index (χ1) is 15.7. The molecule has 1 unspecified atom stereocenters. The monoisotopic (exact) mass is 448 g/mol. The van der Waals surface area contributed by atoms with Crippen molar-refractivity contribution in [3.8, 4) is 17.1 Å². The summed E-state index contributed by atoms with van der Waals surface area (Å²) in [7, 11) is 0. The summed E-state index contributed by atoms with van der Waals surface area (Å²) in [5.74, 6) is 0.820. The van der Waals surface area contributed by atoms with Crippen molar-refractivity contribution >= 4 is 17.5 Å². The summed E-state index contributed by atoms with van der Waals surface area (Å²) in [5.41, 5.74) is 3.06. The van der Waals surface area contributed by atoms with Crippen molar-refractivity contribution in [2.75, 3.05) is 6.54 Å². The van der Waals surface area contributed by atoms with Gasteiger partial charge in [0.1, 0.15) is 0 Å². The highest BCUT2D eigenvalue weighted by Crippen LogP contribution is 2.34. The molecule has 0 saturated carbocycles. The molecule has 1 fully saturated rings. The lowest BCUT2D eigenvalue weighted by atomic mass is 10.1. The molecule has 32 heavy (non-hydrogen) atoms. The molecule has 162 valence electrons. The molecule has 1 aliphatic heterocycles. The van der Waals surface area contributed by atoms with E-state index >= 15 is 0 Å². The molecule has 0 spiro atoms. The molecule has 1 atom stereocenters. The van der Waals surface area contributed by atoms with Crippen LogP contribution in [0.4, 0.5) is 0 Å². The Hall–Kier alpha value is -3.52. The van der Waals surface area contributed by atoms with Gasteiger partial charge in [-0.25, -0.2) is 0 Å². The number of aryl methyl sites for hydroxylation is 1. The topological polar surface area (TPSA) is 89.9 Å². The van der Waals surface area contributed by atoms with Crippen LogP contribution in [0.1, 0.15) is 47.6 Å². The molecule has 0 aliphatic carbocycles. The van der Waals surface area contributed by atoms with Gasteiger partial charge in [-0.15, -0.1) is 0 Å². The summed E-state index contributed by atoms with van der Waals surface area (Å²) in [4.78, 5) is 21.4. The van der Waals surface area contributed by atoms with E-state index in [0.29, 0.717) is 34.5 Å². The van der Waals surface area contributed by atoms with Gasteiger partial charge in [0.2, 0.25) is 0 Å². The Morgan fingerprint density at radius 3 is 2.81 bits per heavy atom. The van der Waals surface area contributed by atoms with Crippen LogP contribution in [0.3, 0.4) is 0 Å². The van der Waals surface area contributed by atoms with E-state index in [1.54, 1.807) is 35.5 Å². The molecule has 2 aromatic heterocycles. The molecule has 3 heterocycles. The standard InChI is InChI=1S/C23H21ClN6O2/c1-2-15-6-3-4-7-17(15)22-27-21(28-32-22)20-8-5-13-29(20)23(31)18-14-16(24)9-10-19(18)30-25-11-12-26-30/h3-4,6-7,9-12,14,20H,2,5,8,13H2,1H3. The molecule has 1 amide bonds. The van der Waals surface area contributed by atoms with Crippen LogP contribution in [0, 0.1) is 0 Å². The number of hydrogen-bond acceptors (Lipinski definition) is 6. The summed E-state index contributed by atoms with van der Waals surface area (Å²) >= 11 is 6.22. The number of nitrogens with zero attached hydrogens (tertiary/aromatic N) is 6. The Morgan fingerprint density at radius 1 is 1.19 bits per heavy atom. The van der Waals surface area contributed by atoms with Crippen molar-refractivity contribution in [2.45, 2.75) is 32.2 Å². The van der Waals surface area contributed by atoms with Crippen LogP contribution in [0.25, 0.3) is 17.1 Å². The lowest BCUT2D eigenvalue weighted by Gasteiger charge is -2.23. The molecule has 9 heteroatoms.